The topological polar surface area (TPSA) is 53.0 Å². The van der Waals surface area contributed by atoms with E-state index in [1.807, 2.05) is 0 Å². The van der Waals surface area contributed by atoms with E-state index < -0.39 is 5.82 Å². The maximum atomic E-state index is 13.7. The van der Waals surface area contributed by atoms with Gasteiger partial charge in [-0.15, -0.1) is 0 Å². The second-order valence-electron chi connectivity index (χ2n) is 5.09. The Morgan fingerprint density at radius 2 is 2.00 bits per heavy atom. The minimum atomic E-state index is -0.547. The van der Waals surface area contributed by atoms with Crippen LogP contribution in [0, 0.1) is 5.82 Å². The predicted molar refractivity (Wildman–Crippen MR) is 81.7 cm³/mol. The van der Waals surface area contributed by atoms with E-state index in [4.69, 9.17) is 21.4 Å². The molecule has 1 fully saturated rings. The van der Waals surface area contributed by atoms with Crippen LogP contribution in [0.1, 0.15) is 10.4 Å². The number of piperazine rings is 1. The number of benzene rings is 1. The lowest BCUT2D eigenvalue weighted by molar-refractivity contribution is 0.0484. The molecular weight excluding hydrogens is 311 g/mol. The van der Waals surface area contributed by atoms with Crippen LogP contribution in [-0.4, -0.2) is 73.4 Å². The number of nitrogens with zero attached hydrogens (tertiary/aromatic N) is 2. The van der Waals surface area contributed by atoms with Crippen molar-refractivity contribution < 1.29 is 19.0 Å². The Balaban J connectivity index is 1.83. The first kappa shape index (κ1) is 17.1. The Kier molecular flexibility index (Phi) is 6.57. The van der Waals surface area contributed by atoms with Crippen LogP contribution < -0.4 is 0 Å². The molecule has 0 spiro atoms. The summed E-state index contributed by atoms with van der Waals surface area (Å²) in [7, 11) is 0. The molecule has 22 heavy (non-hydrogen) atoms. The third-order valence-electron chi connectivity index (χ3n) is 3.61. The van der Waals surface area contributed by atoms with Crippen molar-refractivity contribution in [1.82, 2.24) is 9.80 Å². The maximum Gasteiger partial charge on any atom is 0.256 e. The van der Waals surface area contributed by atoms with Crippen LogP contribution in [0.5, 0.6) is 0 Å². The third-order valence-corrected chi connectivity index (χ3v) is 3.84. The van der Waals surface area contributed by atoms with Gasteiger partial charge < -0.3 is 14.7 Å². The molecule has 0 atom stereocenters. The fourth-order valence-corrected chi connectivity index (χ4v) is 2.54. The first-order valence-electron chi connectivity index (χ1n) is 7.27. The number of carbonyl (C=O) groups excluding carboxylic acids is 1. The van der Waals surface area contributed by atoms with Crippen LogP contribution in [0.25, 0.3) is 0 Å². The fourth-order valence-electron chi connectivity index (χ4n) is 2.37. The zero-order valence-electron chi connectivity index (χ0n) is 12.3. The molecule has 1 N–H and O–H groups in total. The van der Waals surface area contributed by atoms with Crippen molar-refractivity contribution >= 4 is 17.5 Å². The van der Waals surface area contributed by atoms with Gasteiger partial charge in [0.15, 0.2) is 0 Å². The predicted octanol–water partition coefficient (Wildman–Crippen LogP) is 1.25. The van der Waals surface area contributed by atoms with Gasteiger partial charge >= 0.3 is 0 Å². The van der Waals surface area contributed by atoms with E-state index in [-0.39, 0.29) is 18.1 Å². The van der Waals surface area contributed by atoms with E-state index in [2.05, 4.69) is 4.90 Å². The van der Waals surface area contributed by atoms with E-state index >= 15 is 0 Å². The largest absolute Gasteiger partial charge is 0.394 e. The highest BCUT2D eigenvalue weighted by atomic mass is 35.5. The van der Waals surface area contributed by atoms with E-state index in [0.717, 1.165) is 19.6 Å². The average molecular weight is 331 g/mol. The van der Waals surface area contributed by atoms with Gasteiger partial charge in [-0.25, -0.2) is 4.39 Å². The summed E-state index contributed by atoms with van der Waals surface area (Å²) >= 11 is 5.83. The number of rotatable bonds is 6. The van der Waals surface area contributed by atoms with Crippen LogP contribution in [0.4, 0.5) is 4.39 Å². The van der Waals surface area contributed by atoms with Gasteiger partial charge in [0.2, 0.25) is 0 Å². The minimum absolute atomic E-state index is 0.0206. The summed E-state index contributed by atoms with van der Waals surface area (Å²) in [6.45, 7) is 4.20. The second kappa shape index (κ2) is 8.43. The molecular formula is C15H20ClFN2O3. The number of hydrogen-bond acceptors (Lipinski definition) is 4. The Morgan fingerprint density at radius 1 is 1.27 bits per heavy atom. The first-order chi connectivity index (χ1) is 10.6. The van der Waals surface area contributed by atoms with Gasteiger partial charge in [-0.2, -0.15) is 0 Å². The van der Waals surface area contributed by atoms with Crippen LogP contribution in [0.3, 0.4) is 0 Å². The number of ether oxygens (including phenoxy) is 1. The Morgan fingerprint density at radius 3 is 2.68 bits per heavy atom. The summed E-state index contributed by atoms with van der Waals surface area (Å²) in [5, 5.41) is 8.98. The molecule has 0 aromatic heterocycles. The molecule has 7 heteroatoms. The Bertz CT molecular complexity index is 508. The van der Waals surface area contributed by atoms with Gasteiger partial charge in [0.05, 0.1) is 25.4 Å². The van der Waals surface area contributed by atoms with E-state index in [1.54, 1.807) is 4.90 Å². The molecule has 1 aliphatic rings. The van der Waals surface area contributed by atoms with Gasteiger partial charge in [0, 0.05) is 37.7 Å². The quantitative estimate of drug-likeness (QED) is 0.798. The zero-order valence-corrected chi connectivity index (χ0v) is 13.1. The smallest absolute Gasteiger partial charge is 0.256 e. The summed E-state index contributed by atoms with van der Waals surface area (Å²) in [5.41, 5.74) is 0.0206. The van der Waals surface area contributed by atoms with E-state index in [9.17, 15) is 9.18 Å². The van der Waals surface area contributed by atoms with Crippen molar-refractivity contribution in [2.45, 2.75) is 0 Å². The van der Waals surface area contributed by atoms with E-state index in [1.165, 1.54) is 18.2 Å². The molecule has 5 nitrogen and oxygen atoms in total. The minimum Gasteiger partial charge on any atom is -0.394 e. The molecule has 0 bridgehead atoms. The lowest BCUT2D eigenvalue weighted by Gasteiger charge is -2.34. The lowest BCUT2D eigenvalue weighted by atomic mass is 10.1. The number of aliphatic hydroxyl groups is 1. The normalized spacial score (nSPS) is 16.0. The van der Waals surface area contributed by atoms with Crippen LogP contribution >= 0.6 is 11.6 Å². The molecule has 1 aromatic rings. The van der Waals surface area contributed by atoms with Crippen LogP contribution in [-0.2, 0) is 4.74 Å². The standard InChI is InChI=1S/C15H20ClFN2O3/c16-12-1-2-14(17)13(11-12)15(21)19-5-3-18(4-6-19)7-9-22-10-8-20/h1-2,11,20H,3-10H2. The first-order valence-corrected chi connectivity index (χ1v) is 7.65. The Hall–Kier alpha value is -1.21. The lowest BCUT2D eigenvalue weighted by Crippen LogP contribution is -2.49. The van der Waals surface area contributed by atoms with Crippen molar-refractivity contribution in [3.8, 4) is 0 Å². The molecule has 0 unspecified atom stereocenters. The number of aliphatic hydroxyl groups excluding tert-OH is 1. The number of halogens is 2. The van der Waals surface area contributed by atoms with Gasteiger partial charge in [-0.1, -0.05) is 11.6 Å². The Labute approximate surface area is 134 Å². The summed E-state index contributed by atoms with van der Waals surface area (Å²) in [6, 6.07) is 4.01. The molecule has 0 aliphatic carbocycles. The maximum absolute atomic E-state index is 13.7. The summed E-state index contributed by atoms with van der Waals surface area (Å²) in [5.74, 6) is -0.870. The second-order valence-corrected chi connectivity index (χ2v) is 5.53. The van der Waals surface area contributed by atoms with Crippen LogP contribution in [0.2, 0.25) is 5.02 Å². The molecule has 0 saturated carbocycles. The molecule has 1 aliphatic heterocycles. The molecule has 1 heterocycles. The SMILES string of the molecule is O=C(c1cc(Cl)ccc1F)N1CCN(CCOCCO)CC1. The van der Waals surface area contributed by atoms with Crippen molar-refractivity contribution in [2.75, 3.05) is 52.5 Å². The number of carbonyl (C=O) groups is 1. The highest BCUT2D eigenvalue weighted by molar-refractivity contribution is 6.31. The number of hydrogen-bond donors (Lipinski definition) is 1. The van der Waals surface area contributed by atoms with Crippen LogP contribution in [0.15, 0.2) is 18.2 Å². The monoisotopic (exact) mass is 330 g/mol. The highest BCUT2D eigenvalue weighted by Gasteiger charge is 2.24. The van der Waals surface area contributed by atoms with Crippen molar-refractivity contribution in [3.05, 3.63) is 34.6 Å². The van der Waals surface area contributed by atoms with Crippen molar-refractivity contribution in [1.29, 1.82) is 0 Å². The highest BCUT2D eigenvalue weighted by Crippen LogP contribution is 2.17. The third kappa shape index (κ3) is 4.64. The fraction of sp³-hybridized carbons (Fsp3) is 0.533. The summed E-state index contributed by atoms with van der Waals surface area (Å²) < 4.78 is 19.0. The number of amides is 1. The molecule has 2 rings (SSSR count). The molecule has 122 valence electrons. The van der Waals surface area contributed by atoms with Gasteiger partial charge in [0.1, 0.15) is 5.82 Å². The van der Waals surface area contributed by atoms with Gasteiger partial charge in [-0.3, -0.25) is 9.69 Å². The summed E-state index contributed by atoms with van der Waals surface area (Å²) in [4.78, 5) is 16.1. The molecule has 1 aromatic carbocycles. The molecule has 1 saturated heterocycles. The van der Waals surface area contributed by atoms with E-state index in [0.29, 0.717) is 31.3 Å². The van der Waals surface area contributed by atoms with Crippen molar-refractivity contribution in [3.63, 3.8) is 0 Å². The molecule has 0 radical (unpaired) electrons. The zero-order chi connectivity index (χ0) is 15.9. The van der Waals surface area contributed by atoms with Crippen molar-refractivity contribution in [2.24, 2.45) is 0 Å². The molecule has 1 amide bonds. The summed E-state index contributed by atoms with van der Waals surface area (Å²) in [6.07, 6.45) is 0. The van der Waals surface area contributed by atoms with Gasteiger partial charge in [-0.05, 0) is 18.2 Å². The average Bonchev–Trinajstić information content (AvgIpc) is 2.54. The van der Waals surface area contributed by atoms with Gasteiger partial charge in [0.25, 0.3) is 5.91 Å².